The van der Waals surface area contributed by atoms with Crippen molar-refractivity contribution in [2.75, 3.05) is 7.11 Å². The molecule has 6 nitrogen and oxygen atoms in total. The summed E-state index contributed by atoms with van der Waals surface area (Å²) >= 11 is 0. The van der Waals surface area contributed by atoms with Crippen molar-refractivity contribution >= 4 is 22.8 Å². The molecule has 1 aromatic carbocycles. The molecule has 0 aliphatic rings. The Labute approximate surface area is 127 Å². The Kier molecular flexibility index (Phi) is 4.03. The average Bonchev–Trinajstić information content (AvgIpc) is 2.44. The van der Waals surface area contributed by atoms with Gasteiger partial charge in [-0.05, 0) is 38.3 Å². The standard InChI is InChI=1S/C16H17NO5/c1-16(2,3)22-15(20)17-12(14(19)21-4)9-10-7-5-6-8-11(10)13(17)18/h5-9H,1-4H3. The number of rotatable bonds is 1. The van der Waals surface area contributed by atoms with Crippen LogP contribution in [0.5, 0.6) is 0 Å². The molecule has 0 fully saturated rings. The molecule has 6 heteroatoms. The Morgan fingerprint density at radius 1 is 1.14 bits per heavy atom. The first kappa shape index (κ1) is 15.8. The number of esters is 1. The van der Waals surface area contributed by atoms with Gasteiger partial charge >= 0.3 is 12.1 Å². The summed E-state index contributed by atoms with van der Waals surface area (Å²) in [6.07, 6.45) is -0.913. The van der Waals surface area contributed by atoms with Crippen molar-refractivity contribution in [3.63, 3.8) is 0 Å². The largest absolute Gasteiger partial charge is 0.464 e. The van der Waals surface area contributed by atoms with Gasteiger partial charge in [0, 0.05) is 5.39 Å². The summed E-state index contributed by atoms with van der Waals surface area (Å²) in [5.41, 5.74) is -1.58. The van der Waals surface area contributed by atoms with Gasteiger partial charge in [0.15, 0.2) is 0 Å². The van der Waals surface area contributed by atoms with Gasteiger partial charge in [-0.3, -0.25) is 4.79 Å². The van der Waals surface area contributed by atoms with Crippen molar-refractivity contribution in [2.45, 2.75) is 26.4 Å². The van der Waals surface area contributed by atoms with Crippen molar-refractivity contribution in [3.05, 3.63) is 46.4 Å². The molecule has 0 saturated carbocycles. The molecule has 2 rings (SSSR count). The molecule has 1 aromatic heterocycles. The highest BCUT2D eigenvalue weighted by molar-refractivity contribution is 5.97. The van der Waals surface area contributed by atoms with Gasteiger partial charge in [0.05, 0.1) is 7.11 Å². The summed E-state index contributed by atoms with van der Waals surface area (Å²) in [7, 11) is 1.18. The third-order valence-corrected chi connectivity index (χ3v) is 2.90. The van der Waals surface area contributed by atoms with Crippen molar-refractivity contribution in [2.24, 2.45) is 0 Å². The molecule has 0 aliphatic carbocycles. The van der Waals surface area contributed by atoms with E-state index < -0.39 is 23.2 Å². The minimum absolute atomic E-state index is 0.166. The summed E-state index contributed by atoms with van der Waals surface area (Å²) in [6.45, 7) is 5.03. The van der Waals surface area contributed by atoms with E-state index in [0.29, 0.717) is 15.3 Å². The average molecular weight is 303 g/mol. The number of nitrogens with zero attached hydrogens (tertiary/aromatic N) is 1. The summed E-state index contributed by atoms with van der Waals surface area (Å²) < 4.78 is 10.6. The quantitative estimate of drug-likeness (QED) is 0.757. The van der Waals surface area contributed by atoms with Gasteiger partial charge in [-0.25, -0.2) is 14.2 Å². The van der Waals surface area contributed by atoms with Crippen molar-refractivity contribution in [1.82, 2.24) is 4.57 Å². The Bertz CT molecular complexity index is 798. The van der Waals surface area contributed by atoms with E-state index in [9.17, 15) is 14.4 Å². The molecule has 0 N–H and O–H groups in total. The lowest BCUT2D eigenvalue weighted by Gasteiger charge is -2.21. The van der Waals surface area contributed by atoms with E-state index in [1.54, 1.807) is 45.0 Å². The lowest BCUT2D eigenvalue weighted by Crippen LogP contribution is -2.36. The molecular weight excluding hydrogens is 286 g/mol. The predicted octanol–water partition coefficient (Wildman–Crippen LogP) is 2.57. The number of aromatic nitrogens is 1. The van der Waals surface area contributed by atoms with Crippen LogP contribution in [0.4, 0.5) is 4.79 Å². The van der Waals surface area contributed by atoms with Crippen LogP contribution in [0.3, 0.4) is 0 Å². The molecule has 22 heavy (non-hydrogen) atoms. The van der Waals surface area contributed by atoms with Crippen LogP contribution in [0.2, 0.25) is 0 Å². The highest BCUT2D eigenvalue weighted by atomic mass is 16.6. The maximum atomic E-state index is 12.6. The van der Waals surface area contributed by atoms with Crippen LogP contribution >= 0.6 is 0 Å². The highest BCUT2D eigenvalue weighted by Gasteiger charge is 2.25. The zero-order valence-corrected chi connectivity index (χ0v) is 12.9. The van der Waals surface area contributed by atoms with Crippen molar-refractivity contribution in [1.29, 1.82) is 0 Å². The van der Waals surface area contributed by atoms with Gasteiger partial charge in [-0.2, -0.15) is 0 Å². The van der Waals surface area contributed by atoms with Gasteiger partial charge in [-0.15, -0.1) is 0 Å². The normalized spacial score (nSPS) is 11.3. The van der Waals surface area contributed by atoms with E-state index in [0.717, 1.165) is 0 Å². The van der Waals surface area contributed by atoms with Gasteiger partial charge in [0.25, 0.3) is 5.56 Å². The van der Waals surface area contributed by atoms with Gasteiger partial charge in [0.1, 0.15) is 11.3 Å². The minimum Gasteiger partial charge on any atom is -0.464 e. The summed E-state index contributed by atoms with van der Waals surface area (Å²) in [5, 5.41) is 0.869. The predicted molar refractivity (Wildman–Crippen MR) is 81.2 cm³/mol. The third-order valence-electron chi connectivity index (χ3n) is 2.90. The molecule has 0 radical (unpaired) electrons. The molecule has 0 saturated heterocycles. The van der Waals surface area contributed by atoms with Gasteiger partial charge < -0.3 is 9.47 Å². The Morgan fingerprint density at radius 2 is 1.77 bits per heavy atom. The van der Waals surface area contributed by atoms with Crippen LogP contribution in [0.25, 0.3) is 10.8 Å². The molecule has 116 valence electrons. The molecule has 0 amide bonds. The lowest BCUT2D eigenvalue weighted by molar-refractivity contribution is 0.0476. The maximum absolute atomic E-state index is 12.6. The summed E-state index contributed by atoms with van der Waals surface area (Å²) in [5.74, 6) is -0.784. The second-order valence-corrected chi connectivity index (χ2v) is 5.73. The summed E-state index contributed by atoms with van der Waals surface area (Å²) in [4.78, 5) is 36.8. The molecule has 0 aliphatic heterocycles. The lowest BCUT2D eigenvalue weighted by atomic mass is 10.1. The first-order valence-corrected chi connectivity index (χ1v) is 6.71. The Balaban J connectivity index is 2.74. The molecule has 1 heterocycles. The molecule has 0 spiro atoms. The number of pyridine rings is 1. The first-order chi connectivity index (χ1) is 10.2. The van der Waals surface area contributed by atoms with Crippen LogP contribution in [0, 0.1) is 0 Å². The van der Waals surface area contributed by atoms with Gasteiger partial charge in [0.2, 0.25) is 0 Å². The van der Waals surface area contributed by atoms with Crippen LogP contribution in [-0.2, 0) is 9.47 Å². The van der Waals surface area contributed by atoms with E-state index in [2.05, 4.69) is 4.74 Å². The second-order valence-electron chi connectivity index (χ2n) is 5.73. The third kappa shape index (κ3) is 3.00. The zero-order valence-electron chi connectivity index (χ0n) is 12.9. The fourth-order valence-electron chi connectivity index (χ4n) is 2.00. The van der Waals surface area contributed by atoms with Crippen molar-refractivity contribution < 1.29 is 19.1 Å². The summed E-state index contributed by atoms with van der Waals surface area (Å²) in [6, 6.07) is 8.12. The van der Waals surface area contributed by atoms with Gasteiger partial charge in [-0.1, -0.05) is 18.2 Å². The Hall–Kier alpha value is -2.63. The second kappa shape index (κ2) is 5.63. The van der Waals surface area contributed by atoms with E-state index in [4.69, 9.17) is 4.74 Å². The van der Waals surface area contributed by atoms with Crippen LogP contribution < -0.4 is 5.56 Å². The number of benzene rings is 1. The van der Waals surface area contributed by atoms with Crippen LogP contribution in [-0.4, -0.2) is 29.3 Å². The fourth-order valence-corrected chi connectivity index (χ4v) is 2.00. The van der Waals surface area contributed by atoms with Crippen molar-refractivity contribution in [3.8, 4) is 0 Å². The van der Waals surface area contributed by atoms with Crippen LogP contribution in [0.15, 0.2) is 35.1 Å². The fraction of sp³-hybridized carbons (Fsp3) is 0.312. The topological polar surface area (TPSA) is 74.6 Å². The number of hydrogen-bond acceptors (Lipinski definition) is 5. The van der Waals surface area contributed by atoms with Crippen LogP contribution in [0.1, 0.15) is 31.3 Å². The number of fused-ring (bicyclic) bond motifs is 1. The first-order valence-electron chi connectivity index (χ1n) is 6.71. The molecule has 0 atom stereocenters. The van der Waals surface area contributed by atoms with E-state index in [1.807, 2.05) is 0 Å². The molecule has 2 aromatic rings. The minimum atomic E-state index is -0.913. The molecular formula is C16H17NO5. The smallest absolute Gasteiger partial charge is 0.422 e. The number of hydrogen-bond donors (Lipinski definition) is 0. The monoisotopic (exact) mass is 303 g/mol. The number of methoxy groups -OCH3 is 1. The van der Waals surface area contributed by atoms with E-state index in [1.165, 1.54) is 13.2 Å². The number of carbonyl (C=O) groups is 2. The van der Waals surface area contributed by atoms with E-state index in [-0.39, 0.29) is 5.69 Å². The molecule has 0 unspecified atom stereocenters. The SMILES string of the molecule is COC(=O)c1cc2ccccc2c(=O)n1C(=O)OC(C)(C)C. The number of carbonyl (C=O) groups excluding carboxylic acids is 2. The zero-order chi connectivity index (χ0) is 16.5. The highest BCUT2D eigenvalue weighted by Crippen LogP contribution is 2.15. The molecule has 0 bridgehead atoms. The maximum Gasteiger partial charge on any atom is 0.422 e. The number of ether oxygens (including phenoxy) is 2. The Morgan fingerprint density at radius 3 is 2.36 bits per heavy atom. The van der Waals surface area contributed by atoms with E-state index >= 15 is 0 Å².